The molecule has 316 valence electrons. The Morgan fingerprint density at radius 1 is 0.484 bits per heavy atom. The third kappa shape index (κ3) is 5.42. The molecular formula is C59H55BN2O2. The van der Waals surface area contributed by atoms with Crippen molar-refractivity contribution in [1.82, 2.24) is 0 Å². The van der Waals surface area contributed by atoms with E-state index in [1.165, 1.54) is 61.2 Å². The summed E-state index contributed by atoms with van der Waals surface area (Å²) in [4.78, 5) is 5.11. The first-order valence-corrected chi connectivity index (χ1v) is 23.0. The molecule has 2 aromatic heterocycles. The van der Waals surface area contributed by atoms with E-state index in [2.05, 4.69) is 219 Å². The zero-order valence-corrected chi connectivity index (χ0v) is 39.0. The van der Waals surface area contributed by atoms with Crippen molar-refractivity contribution in [1.29, 1.82) is 0 Å². The van der Waals surface area contributed by atoms with Gasteiger partial charge in [0.15, 0.2) is 0 Å². The maximum atomic E-state index is 7.44. The minimum atomic E-state index is -0.296. The lowest BCUT2D eigenvalue weighted by molar-refractivity contribution is 0.590. The number of rotatable bonds is 2. The predicted octanol–water partition coefficient (Wildman–Crippen LogP) is 15.2. The van der Waals surface area contributed by atoms with Crippen molar-refractivity contribution < 1.29 is 8.83 Å². The number of nitrogens with zero attached hydrogens (tertiary/aromatic N) is 2. The highest BCUT2D eigenvalue weighted by Crippen LogP contribution is 2.59. The average Bonchev–Trinajstić information content (AvgIpc) is 3.89. The number of anilines is 5. The van der Waals surface area contributed by atoms with Crippen LogP contribution in [0.4, 0.5) is 28.4 Å². The van der Waals surface area contributed by atoms with Crippen LogP contribution >= 0.6 is 0 Å². The maximum absolute atomic E-state index is 7.44. The van der Waals surface area contributed by atoms with Crippen LogP contribution in [0.2, 0.25) is 0 Å². The number of benzene rings is 7. The molecule has 12 rings (SSSR count). The van der Waals surface area contributed by atoms with Gasteiger partial charge in [0.1, 0.15) is 22.4 Å². The second-order valence-electron chi connectivity index (χ2n) is 22.2. The lowest BCUT2D eigenvalue weighted by Crippen LogP contribution is -2.61. The minimum absolute atomic E-state index is 0.00420. The van der Waals surface area contributed by atoms with Crippen molar-refractivity contribution in [3.8, 4) is 22.3 Å². The number of fused-ring (bicyclic) bond motifs is 13. The average molecular weight is 835 g/mol. The maximum Gasteiger partial charge on any atom is 0.375 e. The minimum Gasteiger partial charge on any atom is -0.466 e. The van der Waals surface area contributed by atoms with Gasteiger partial charge in [0, 0.05) is 56.0 Å². The second-order valence-corrected chi connectivity index (χ2v) is 22.2. The molecule has 0 saturated carbocycles. The molecule has 3 aliphatic rings. The van der Waals surface area contributed by atoms with Crippen molar-refractivity contribution in [3.63, 3.8) is 0 Å². The van der Waals surface area contributed by atoms with Crippen LogP contribution < -0.4 is 20.8 Å². The number of hydrogen-bond donors (Lipinski definition) is 0. The van der Waals surface area contributed by atoms with Crippen molar-refractivity contribution in [2.75, 3.05) is 9.71 Å². The smallest absolute Gasteiger partial charge is 0.375 e. The van der Waals surface area contributed by atoms with Crippen LogP contribution in [0.5, 0.6) is 0 Å². The molecule has 7 aromatic carbocycles. The van der Waals surface area contributed by atoms with E-state index in [0.29, 0.717) is 0 Å². The van der Waals surface area contributed by atoms with Crippen LogP contribution in [-0.2, 0) is 21.7 Å². The Labute approximate surface area is 377 Å². The van der Waals surface area contributed by atoms with E-state index in [4.69, 9.17) is 8.83 Å². The van der Waals surface area contributed by atoms with Crippen LogP contribution in [-0.4, -0.2) is 6.85 Å². The standard InChI is InChI=1S/C59H55BN2O2/c1-56(2,3)34-20-25-37(26-21-34)61-47-32-42-39-16-12-14-18-45(39)59(10,11)52(42)51-43-31-41-40-17-13-15-19-48(40)63-50(41)33-46(43)62(38-27-22-35(23-28-38)57(4,5)6)60(53(47)51)55-54(61)44-30-36(58(7,8)9)24-29-49(44)64-55/h12-33H,1-11H3. The van der Waals surface area contributed by atoms with Crippen LogP contribution in [0, 0.1) is 0 Å². The molecule has 0 atom stereocenters. The molecule has 1 aliphatic carbocycles. The Balaban J connectivity index is 1.27. The first kappa shape index (κ1) is 39.2. The number of hydrogen-bond acceptors (Lipinski definition) is 4. The summed E-state index contributed by atoms with van der Waals surface area (Å²) in [6.07, 6.45) is 0. The molecule has 9 aromatic rings. The van der Waals surface area contributed by atoms with E-state index in [9.17, 15) is 0 Å². The van der Waals surface area contributed by atoms with Gasteiger partial charge >= 0.3 is 6.85 Å². The van der Waals surface area contributed by atoms with Crippen molar-refractivity contribution >= 4 is 79.3 Å². The van der Waals surface area contributed by atoms with Gasteiger partial charge in [-0.05, 0) is 121 Å². The highest BCUT2D eigenvalue weighted by molar-refractivity contribution is 6.93. The van der Waals surface area contributed by atoms with E-state index in [-0.39, 0.29) is 28.5 Å². The van der Waals surface area contributed by atoms with Gasteiger partial charge in [0.2, 0.25) is 0 Å². The third-order valence-corrected chi connectivity index (χ3v) is 14.7. The molecule has 64 heavy (non-hydrogen) atoms. The fraction of sp³-hybridized carbons (Fsp3) is 0.254. The molecule has 4 nitrogen and oxygen atoms in total. The molecule has 0 fully saturated rings. The monoisotopic (exact) mass is 834 g/mol. The summed E-state index contributed by atoms with van der Waals surface area (Å²) in [6, 6.07) is 50.3. The Hall–Kier alpha value is -6.46. The Kier molecular flexibility index (Phi) is 7.86. The van der Waals surface area contributed by atoms with Gasteiger partial charge in [-0.25, -0.2) is 0 Å². The van der Waals surface area contributed by atoms with E-state index in [1.54, 1.807) is 0 Å². The van der Waals surface area contributed by atoms with E-state index >= 15 is 0 Å². The van der Waals surface area contributed by atoms with Crippen LogP contribution in [0.3, 0.4) is 0 Å². The normalized spacial score (nSPS) is 15.1. The highest BCUT2D eigenvalue weighted by Gasteiger charge is 2.52. The third-order valence-electron chi connectivity index (χ3n) is 14.7. The fourth-order valence-corrected chi connectivity index (χ4v) is 11.3. The fourth-order valence-electron chi connectivity index (χ4n) is 11.3. The molecule has 4 heterocycles. The molecule has 0 saturated heterocycles. The number of para-hydroxylation sites is 1. The molecule has 2 aliphatic heterocycles. The summed E-state index contributed by atoms with van der Waals surface area (Å²) in [5.74, 6) is 0. The SMILES string of the molecule is CC(C)(C)c1ccc(N2B3c4oc5ccc(C(C)(C)C)cc5c4N(c4ccc(C(C)(C)C)cc4)c4cc5c(c(c43)-c3cc4c(cc32)oc2ccccc24)C(C)(C)c2ccccc2-5)cc1. The largest absolute Gasteiger partial charge is 0.466 e. The van der Waals surface area contributed by atoms with Crippen molar-refractivity contribution in [2.24, 2.45) is 0 Å². The van der Waals surface area contributed by atoms with Crippen LogP contribution in [0.15, 0.2) is 142 Å². The first-order chi connectivity index (χ1) is 30.4. The molecular weight excluding hydrogens is 779 g/mol. The lowest BCUT2D eigenvalue weighted by atomic mass is 9.45. The van der Waals surface area contributed by atoms with Gasteiger partial charge < -0.3 is 18.5 Å². The van der Waals surface area contributed by atoms with Crippen molar-refractivity contribution in [2.45, 2.75) is 97.8 Å². The molecule has 5 heteroatoms. The zero-order chi connectivity index (χ0) is 44.4. The van der Waals surface area contributed by atoms with Gasteiger partial charge in [-0.2, -0.15) is 0 Å². The molecule has 0 N–H and O–H groups in total. The topological polar surface area (TPSA) is 32.8 Å². The van der Waals surface area contributed by atoms with Gasteiger partial charge in [0.25, 0.3) is 0 Å². The van der Waals surface area contributed by atoms with Gasteiger partial charge in [-0.1, -0.05) is 149 Å². The second kappa shape index (κ2) is 12.8. The molecule has 0 bridgehead atoms. The summed E-state index contributed by atoms with van der Waals surface area (Å²) in [6.45, 7) is 25.2. The molecule has 0 radical (unpaired) electrons. The zero-order valence-electron chi connectivity index (χ0n) is 39.0. The Morgan fingerprint density at radius 3 is 1.78 bits per heavy atom. The van der Waals surface area contributed by atoms with Gasteiger partial charge in [-0.3, -0.25) is 0 Å². The van der Waals surface area contributed by atoms with E-state index < -0.39 is 0 Å². The number of furan rings is 2. The Bertz CT molecular complexity index is 3420. The molecule has 0 amide bonds. The molecule has 0 unspecified atom stereocenters. The van der Waals surface area contributed by atoms with Crippen molar-refractivity contribution in [3.05, 3.63) is 161 Å². The van der Waals surface area contributed by atoms with E-state index in [1.807, 2.05) is 0 Å². The summed E-state index contributed by atoms with van der Waals surface area (Å²) < 4.78 is 14.2. The highest BCUT2D eigenvalue weighted by atomic mass is 16.3. The molecule has 0 spiro atoms. The summed E-state index contributed by atoms with van der Waals surface area (Å²) in [5, 5.41) is 3.37. The summed E-state index contributed by atoms with van der Waals surface area (Å²) >= 11 is 0. The van der Waals surface area contributed by atoms with Gasteiger partial charge in [0.05, 0.1) is 5.69 Å². The van der Waals surface area contributed by atoms with Crippen LogP contribution in [0.25, 0.3) is 55.2 Å². The lowest BCUT2D eigenvalue weighted by Gasteiger charge is -2.45. The summed E-state index contributed by atoms with van der Waals surface area (Å²) in [7, 11) is 0. The Morgan fingerprint density at radius 2 is 1.09 bits per heavy atom. The quantitative estimate of drug-likeness (QED) is 0.162. The van der Waals surface area contributed by atoms with E-state index in [0.717, 1.165) is 61.3 Å². The van der Waals surface area contributed by atoms with Gasteiger partial charge in [-0.15, -0.1) is 0 Å². The van der Waals surface area contributed by atoms with Crippen LogP contribution in [0.1, 0.15) is 104 Å². The summed E-state index contributed by atoms with van der Waals surface area (Å²) in [5.41, 5.74) is 21.9. The first-order valence-electron chi connectivity index (χ1n) is 23.0. The predicted molar refractivity (Wildman–Crippen MR) is 271 cm³/mol.